The highest BCUT2D eigenvalue weighted by Gasteiger charge is 2.47. The van der Waals surface area contributed by atoms with E-state index in [9.17, 15) is 58.1 Å². The summed E-state index contributed by atoms with van der Waals surface area (Å²) in [4.78, 5) is 90.4. The summed E-state index contributed by atoms with van der Waals surface area (Å²) in [7, 11) is 0. The second-order valence-corrected chi connectivity index (χ2v) is 17.7. The predicted molar refractivity (Wildman–Crippen MR) is 252 cm³/mol. The van der Waals surface area contributed by atoms with Crippen LogP contribution in [0, 0.1) is 11.3 Å². The van der Waals surface area contributed by atoms with Crippen LogP contribution in [-0.2, 0) is 24.0 Å². The second kappa shape index (κ2) is 25.3. The van der Waals surface area contributed by atoms with Crippen molar-refractivity contribution in [3.05, 3.63) is 71.4 Å². The molecule has 3 aliphatic rings. The topological polar surface area (TPSA) is 244 Å². The van der Waals surface area contributed by atoms with Gasteiger partial charge in [0.25, 0.3) is 11.8 Å². The Bertz CT molecular complexity index is 2360. The highest BCUT2D eigenvalue weighted by Crippen LogP contribution is 2.31. The molecular weight excluding hydrogens is 915 g/mol. The van der Waals surface area contributed by atoms with Gasteiger partial charge in [-0.15, -0.1) is 0 Å². The fraction of sp³-hybridized carbons (Fsp3) is 0.500. The van der Waals surface area contributed by atoms with Gasteiger partial charge in [0.1, 0.15) is 11.8 Å². The molecule has 4 N–H and O–H groups in total. The van der Waals surface area contributed by atoms with Gasteiger partial charge in [-0.25, -0.2) is 8.78 Å². The number of carbonyl (C=O) groups is 6. The van der Waals surface area contributed by atoms with Crippen molar-refractivity contribution in [2.24, 2.45) is 0 Å². The average Bonchev–Trinajstić information content (AvgIpc) is 3.66. The summed E-state index contributed by atoms with van der Waals surface area (Å²) in [5.41, 5.74) is 2.48. The Morgan fingerprint density at radius 2 is 1.24 bits per heavy atom. The number of ether oxygens (including phenoxy) is 1. The van der Waals surface area contributed by atoms with Crippen LogP contribution in [0.3, 0.4) is 0 Å². The molecule has 3 aromatic rings. The number of benzene rings is 2. The van der Waals surface area contributed by atoms with Crippen LogP contribution in [-0.4, -0.2) is 233 Å². The van der Waals surface area contributed by atoms with E-state index in [1.54, 1.807) is 32.9 Å². The van der Waals surface area contributed by atoms with Crippen molar-refractivity contribution in [3.8, 4) is 11.8 Å². The number of nitrogens with zero attached hydrogens (tertiary/aromatic N) is 9. The maximum atomic E-state index is 13.8. The van der Waals surface area contributed by atoms with E-state index >= 15 is 0 Å². The number of aliphatic carboxylic acids is 3. The molecule has 0 aliphatic carbocycles. The molecule has 70 heavy (non-hydrogen) atoms. The van der Waals surface area contributed by atoms with Crippen LogP contribution in [0.5, 0.6) is 5.75 Å². The fourth-order valence-corrected chi connectivity index (χ4v) is 8.66. The number of carboxylic acid groups (broad SMARTS) is 3. The first kappa shape index (κ1) is 52.7. The van der Waals surface area contributed by atoms with Crippen LogP contribution in [0.15, 0.2) is 54.7 Å². The third-order valence-corrected chi connectivity index (χ3v) is 12.5. The van der Waals surface area contributed by atoms with Crippen molar-refractivity contribution in [1.29, 1.82) is 5.26 Å². The summed E-state index contributed by atoms with van der Waals surface area (Å²) in [6.07, 6.45) is 5.29. The number of nitrogens with one attached hydrogen (secondary N) is 1. The Hall–Kier alpha value is -6.64. The summed E-state index contributed by atoms with van der Waals surface area (Å²) < 4.78 is 33.7. The zero-order valence-corrected chi connectivity index (χ0v) is 39.0. The van der Waals surface area contributed by atoms with Gasteiger partial charge in [-0.2, -0.15) is 5.26 Å². The van der Waals surface area contributed by atoms with E-state index in [0.717, 1.165) is 29.0 Å². The van der Waals surface area contributed by atoms with E-state index in [1.165, 1.54) is 12.3 Å². The Morgan fingerprint density at radius 1 is 0.714 bits per heavy atom. The molecule has 22 heteroatoms. The maximum Gasteiger partial charge on any atom is 0.317 e. The number of rotatable bonds is 18. The van der Waals surface area contributed by atoms with Crippen LogP contribution in [0.1, 0.15) is 34.3 Å². The van der Waals surface area contributed by atoms with Crippen molar-refractivity contribution in [1.82, 2.24) is 44.6 Å². The van der Waals surface area contributed by atoms with E-state index in [1.807, 2.05) is 52.3 Å². The number of piperazine rings is 1. The lowest BCUT2D eigenvalue weighted by molar-refractivity contribution is -0.141. The molecule has 6 rings (SSSR count). The largest absolute Gasteiger partial charge is 0.494 e. The third kappa shape index (κ3) is 16.2. The number of hydrogen-bond acceptors (Lipinski definition) is 14. The van der Waals surface area contributed by atoms with Crippen molar-refractivity contribution in [2.75, 3.05) is 131 Å². The quantitative estimate of drug-likeness (QED) is 0.104. The van der Waals surface area contributed by atoms with E-state index < -0.39 is 61.2 Å². The minimum atomic E-state index is -3.16. The van der Waals surface area contributed by atoms with E-state index in [4.69, 9.17) is 4.74 Å². The first-order valence-corrected chi connectivity index (χ1v) is 23.2. The lowest BCUT2D eigenvalue weighted by Crippen LogP contribution is -2.53. The van der Waals surface area contributed by atoms with Gasteiger partial charge in [0.15, 0.2) is 0 Å². The highest BCUT2D eigenvalue weighted by atomic mass is 19.3. The minimum absolute atomic E-state index is 0.0546. The van der Waals surface area contributed by atoms with Crippen LogP contribution < -0.4 is 10.1 Å². The first-order valence-electron chi connectivity index (χ1n) is 23.2. The van der Waals surface area contributed by atoms with E-state index in [-0.39, 0.29) is 37.6 Å². The predicted octanol–water partition coefficient (Wildman–Crippen LogP) is 1.28. The Balaban J connectivity index is 0.928. The molecule has 1 aromatic heterocycles. The summed E-state index contributed by atoms with van der Waals surface area (Å²) in [5.74, 6) is -6.90. The highest BCUT2D eigenvalue weighted by molar-refractivity contribution is 6.07. The van der Waals surface area contributed by atoms with Gasteiger partial charge >= 0.3 is 17.9 Å². The summed E-state index contributed by atoms with van der Waals surface area (Å²) >= 11 is 0. The van der Waals surface area contributed by atoms with Crippen molar-refractivity contribution >= 4 is 58.7 Å². The molecule has 0 bridgehead atoms. The average molecular weight is 975 g/mol. The molecule has 0 unspecified atom stereocenters. The Labute approximate surface area is 404 Å². The summed E-state index contributed by atoms with van der Waals surface area (Å²) in [5, 5.41) is 40.7. The second-order valence-electron chi connectivity index (χ2n) is 17.7. The number of aromatic nitrogens is 1. The van der Waals surface area contributed by atoms with E-state index in [0.29, 0.717) is 102 Å². The molecule has 0 spiro atoms. The normalized spacial score (nSPS) is 19.3. The number of fused-ring (bicyclic) bond motifs is 1. The van der Waals surface area contributed by atoms with Gasteiger partial charge in [0.2, 0.25) is 11.8 Å². The van der Waals surface area contributed by atoms with Crippen LogP contribution in [0.25, 0.3) is 23.1 Å². The zero-order valence-electron chi connectivity index (χ0n) is 39.0. The van der Waals surface area contributed by atoms with E-state index in [2.05, 4.69) is 15.2 Å². The zero-order chi connectivity index (χ0) is 50.2. The van der Waals surface area contributed by atoms with Crippen LogP contribution in [0.4, 0.5) is 8.78 Å². The molecule has 3 saturated heterocycles. The van der Waals surface area contributed by atoms with Crippen LogP contribution >= 0.6 is 0 Å². The number of alkyl halides is 2. The van der Waals surface area contributed by atoms with Gasteiger partial charge in [-0.1, -0.05) is 30.4 Å². The number of carbonyl (C=O) groups excluding carboxylic acids is 3. The monoisotopic (exact) mass is 974 g/mol. The van der Waals surface area contributed by atoms with Gasteiger partial charge < -0.3 is 35.2 Å². The number of likely N-dealkylation sites (tertiary alicyclic amines) is 1. The molecular formula is C48H60F2N10O10. The molecule has 376 valence electrons. The van der Waals surface area contributed by atoms with Gasteiger partial charge in [-0.3, -0.25) is 58.3 Å². The van der Waals surface area contributed by atoms with Gasteiger partial charge in [0, 0.05) is 103 Å². The molecule has 20 nitrogen and oxygen atoms in total. The molecule has 2 aromatic carbocycles. The molecule has 0 saturated carbocycles. The smallest absolute Gasteiger partial charge is 0.317 e. The standard InChI is InChI=1S/C48H60F2N10O10/c49-48(50)27-37(28-51)60(34-48)42(61)29-53-47(69)39-10-11-52-41-9-6-36(26-40(39)41)3-2-35-4-7-38(8-5-35)70-25-1-12-54-21-23-59(24-22-54)43(62)30-55-13-15-56(31-44(63)64)17-19-58(33-46(67)68)20-18-57(16-14-55)32-45(65)66/h2-11,26,37H,1,12-25,27,29-34H2,(H,53,69)(H,63,64)(H,65,66)(H,67,68)/b3-2+/t37-/m0/s1. The number of pyridine rings is 1. The van der Waals surface area contributed by atoms with Crippen molar-refractivity contribution in [2.45, 2.75) is 24.8 Å². The molecule has 0 radical (unpaired) electrons. The summed E-state index contributed by atoms with van der Waals surface area (Å²) in [6.45, 7) is 4.37. The SMILES string of the molecule is N#C[C@@H]1CC(F)(F)CN1C(=O)CNC(=O)c1ccnc2ccc(/C=C/c3ccc(OCCCN4CCN(C(=O)CN5CCN(CC(=O)O)CCN(CC(=O)O)CCN(CC(=O)O)CC5)CC4)cc3)cc12. The number of hydrogen-bond donors (Lipinski definition) is 4. The van der Waals surface area contributed by atoms with Gasteiger partial charge in [0.05, 0.1) is 63.0 Å². The summed E-state index contributed by atoms with van der Waals surface area (Å²) in [6, 6.07) is 15.0. The molecule has 3 aliphatic heterocycles. The Kier molecular flexibility index (Phi) is 19.0. The third-order valence-electron chi connectivity index (χ3n) is 12.5. The first-order chi connectivity index (χ1) is 33.5. The van der Waals surface area contributed by atoms with Crippen molar-refractivity contribution in [3.63, 3.8) is 0 Å². The molecule has 3 fully saturated rings. The number of carboxylic acids is 3. The lowest BCUT2D eigenvalue weighted by atomic mass is 10.0. The number of nitriles is 1. The maximum absolute atomic E-state index is 13.8. The Morgan fingerprint density at radius 3 is 1.80 bits per heavy atom. The number of amides is 3. The molecule has 3 amide bonds. The van der Waals surface area contributed by atoms with Crippen LogP contribution in [0.2, 0.25) is 0 Å². The molecule has 1 atom stereocenters. The lowest BCUT2D eigenvalue weighted by Gasteiger charge is -2.37. The number of halogens is 2. The molecule has 4 heterocycles. The minimum Gasteiger partial charge on any atom is -0.494 e. The van der Waals surface area contributed by atoms with Gasteiger partial charge in [-0.05, 0) is 47.9 Å². The fourth-order valence-electron chi connectivity index (χ4n) is 8.66. The van der Waals surface area contributed by atoms with Crippen molar-refractivity contribution < 1.29 is 57.6 Å².